The number of benzene rings is 1. The highest BCUT2D eigenvalue weighted by atomic mass is 16.5. The smallest absolute Gasteiger partial charge is 0.122 e. The third-order valence-electron chi connectivity index (χ3n) is 2.64. The number of hydrogen-bond acceptors (Lipinski definition) is 3. The lowest BCUT2D eigenvalue weighted by Gasteiger charge is -2.09. The van der Waals surface area contributed by atoms with Crippen molar-refractivity contribution in [1.82, 2.24) is 0 Å². The molecule has 0 atom stereocenters. The SMILES string of the molecule is CCCCCCOc1cccc(OCCCO)c1. The number of aliphatic hydroxyl groups is 1. The Balaban J connectivity index is 2.26. The average molecular weight is 252 g/mol. The number of ether oxygens (including phenoxy) is 2. The molecule has 0 heterocycles. The van der Waals surface area contributed by atoms with Crippen molar-refractivity contribution >= 4 is 0 Å². The maximum atomic E-state index is 8.68. The summed E-state index contributed by atoms with van der Waals surface area (Å²) in [7, 11) is 0. The van der Waals surface area contributed by atoms with Gasteiger partial charge in [-0.05, 0) is 18.6 Å². The second-order valence-corrected chi connectivity index (χ2v) is 4.31. The summed E-state index contributed by atoms with van der Waals surface area (Å²) in [5.74, 6) is 1.66. The molecule has 0 aliphatic rings. The fourth-order valence-corrected chi connectivity index (χ4v) is 1.63. The topological polar surface area (TPSA) is 38.7 Å². The lowest BCUT2D eigenvalue weighted by molar-refractivity contribution is 0.232. The van der Waals surface area contributed by atoms with Crippen LogP contribution in [0.15, 0.2) is 24.3 Å². The number of rotatable bonds is 10. The van der Waals surface area contributed by atoms with Crippen LogP contribution in [0, 0.1) is 0 Å². The van der Waals surface area contributed by atoms with Crippen LogP contribution in [0.25, 0.3) is 0 Å². The van der Waals surface area contributed by atoms with Crippen LogP contribution >= 0.6 is 0 Å². The van der Waals surface area contributed by atoms with Crippen LogP contribution in [0.5, 0.6) is 11.5 Å². The van der Waals surface area contributed by atoms with Crippen LogP contribution in [0.2, 0.25) is 0 Å². The van der Waals surface area contributed by atoms with E-state index in [1.165, 1.54) is 19.3 Å². The van der Waals surface area contributed by atoms with E-state index in [2.05, 4.69) is 6.92 Å². The first-order valence-electron chi connectivity index (χ1n) is 6.83. The molecule has 0 spiro atoms. The molecule has 0 aliphatic carbocycles. The molecular formula is C15H24O3. The van der Waals surface area contributed by atoms with E-state index in [4.69, 9.17) is 14.6 Å². The molecule has 0 saturated heterocycles. The Morgan fingerprint density at radius 1 is 0.944 bits per heavy atom. The number of hydrogen-bond donors (Lipinski definition) is 1. The lowest BCUT2D eigenvalue weighted by atomic mass is 10.2. The summed E-state index contributed by atoms with van der Waals surface area (Å²) >= 11 is 0. The summed E-state index contributed by atoms with van der Waals surface area (Å²) in [6, 6.07) is 7.67. The summed E-state index contributed by atoms with van der Waals surface area (Å²) < 4.78 is 11.2. The molecule has 1 aromatic carbocycles. The molecule has 1 rings (SSSR count). The van der Waals surface area contributed by atoms with Crippen molar-refractivity contribution in [2.24, 2.45) is 0 Å². The zero-order chi connectivity index (χ0) is 13.1. The van der Waals surface area contributed by atoms with Gasteiger partial charge in [0.05, 0.1) is 13.2 Å². The molecule has 18 heavy (non-hydrogen) atoms. The fraction of sp³-hybridized carbons (Fsp3) is 0.600. The first-order chi connectivity index (χ1) is 8.86. The molecule has 0 saturated carbocycles. The molecule has 1 N–H and O–H groups in total. The van der Waals surface area contributed by atoms with Crippen LogP contribution in [-0.2, 0) is 0 Å². The largest absolute Gasteiger partial charge is 0.493 e. The monoisotopic (exact) mass is 252 g/mol. The first kappa shape index (κ1) is 14.8. The molecule has 3 nitrogen and oxygen atoms in total. The molecule has 0 aliphatic heterocycles. The Labute approximate surface area is 110 Å². The molecule has 0 fully saturated rings. The Morgan fingerprint density at radius 3 is 2.22 bits per heavy atom. The molecule has 0 amide bonds. The normalized spacial score (nSPS) is 10.3. The van der Waals surface area contributed by atoms with Gasteiger partial charge in [-0.25, -0.2) is 0 Å². The van der Waals surface area contributed by atoms with Gasteiger partial charge in [-0.3, -0.25) is 0 Å². The van der Waals surface area contributed by atoms with E-state index in [0.29, 0.717) is 13.0 Å². The summed E-state index contributed by atoms with van der Waals surface area (Å²) in [6.45, 7) is 3.66. The second kappa shape index (κ2) is 9.77. The van der Waals surface area contributed by atoms with Gasteiger partial charge in [-0.1, -0.05) is 32.3 Å². The molecule has 1 aromatic rings. The van der Waals surface area contributed by atoms with E-state index < -0.39 is 0 Å². The van der Waals surface area contributed by atoms with Crippen molar-refractivity contribution in [3.8, 4) is 11.5 Å². The molecule has 102 valence electrons. The second-order valence-electron chi connectivity index (χ2n) is 4.31. The standard InChI is InChI=1S/C15H24O3/c1-2-3-4-5-11-17-14-8-6-9-15(13-14)18-12-7-10-16/h6,8-9,13,16H,2-5,7,10-12H2,1H3. The Kier molecular flexibility index (Phi) is 8.06. The highest BCUT2D eigenvalue weighted by molar-refractivity contribution is 5.32. The van der Waals surface area contributed by atoms with Gasteiger partial charge in [-0.15, -0.1) is 0 Å². The van der Waals surface area contributed by atoms with Gasteiger partial charge in [0.2, 0.25) is 0 Å². The molecular weight excluding hydrogens is 228 g/mol. The van der Waals surface area contributed by atoms with Crippen molar-refractivity contribution in [2.45, 2.75) is 39.0 Å². The third kappa shape index (κ3) is 6.50. The highest BCUT2D eigenvalue weighted by Gasteiger charge is 1.98. The third-order valence-corrected chi connectivity index (χ3v) is 2.64. The van der Waals surface area contributed by atoms with Crippen LogP contribution in [-0.4, -0.2) is 24.9 Å². The van der Waals surface area contributed by atoms with Gasteiger partial charge >= 0.3 is 0 Å². The van der Waals surface area contributed by atoms with Gasteiger partial charge in [0.1, 0.15) is 11.5 Å². The fourth-order valence-electron chi connectivity index (χ4n) is 1.63. The minimum absolute atomic E-state index is 0.160. The van der Waals surface area contributed by atoms with E-state index in [0.717, 1.165) is 24.5 Å². The van der Waals surface area contributed by atoms with Gasteiger partial charge in [0, 0.05) is 19.1 Å². The molecule has 0 unspecified atom stereocenters. The zero-order valence-electron chi connectivity index (χ0n) is 11.2. The van der Waals surface area contributed by atoms with Crippen molar-refractivity contribution in [1.29, 1.82) is 0 Å². The minimum atomic E-state index is 0.160. The van der Waals surface area contributed by atoms with Gasteiger partial charge in [0.15, 0.2) is 0 Å². The first-order valence-corrected chi connectivity index (χ1v) is 6.83. The molecule has 3 heteroatoms. The van der Waals surface area contributed by atoms with Crippen LogP contribution in [0.1, 0.15) is 39.0 Å². The van der Waals surface area contributed by atoms with E-state index in [1.54, 1.807) is 0 Å². The molecule has 0 radical (unpaired) electrons. The summed E-state index contributed by atoms with van der Waals surface area (Å²) in [6.07, 6.45) is 5.50. The van der Waals surface area contributed by atoms with E-state index >= 15 is 0 Å². The van der Waals surface area contributed by atoms with Crippen LogP contribution in [0.4, 0.5) is 0 Å². The van der Waals surface area contributed by atoms with Crippen molar-refractivity contribution < 1.29 is 14.6 Å². The maximum absolute atomic E-state index is 8.68. The highest BCUT2D eigenvalue weighted by Crippen LogP contribution is 2.19. The van der Waals surface area contributed by atoms with Crippen LogP contribution in [0.3, 0.4) is 0 Å². The average Bonchev–Trinajstić information content (AvgIpc) is 2.39. The predicted octanol–water partition coefficient (Wildman–Crippen LogP) is 3.41. The van der Waals surface area contributed by atoms with Crippen LogP contribution < -0.4 is 9.47 Å². The Morgan fingerprint density at radius 2 is 1.61 bits per heavy atom. The van der Waals surface area contributed by atoms with Gasteiger partial charge < -0.3 is 14.6 Å². The van der Waals surface area contributed by atoms with Gasteiger partial charge in [-0.2, -0.15) is 0 Å². The molecule has 0 aromatic heterocycles. The number of unbranched alkanes of at least 4 members (excludes halogenated alkanes) is 3. The van der Waals surface area contributed by atoms with Gasteiger partial charge in [0.25, 0.3) is 0 Å². The quantitative estimate of drug-likeness (QED) is 0.649. The molecule has 0 bridgehead atoms. The van der Waals surface area contributed by atoms with Crippen molar-refractivity contribution in [3.63, 3.8) is 0 Å². The number of aliphatic hydroxyl groups excluding tert-OH is 1. The Bertz CT molecular complexity index is 312. The minimum Gasteiger partial charge on any atom is -0.493 e. The summed E-state index contributed by atoms with van der Waals surface area (Å²) in [5.41, 5.74) is 0. The van der Waals surface area contributed by atoms with Crippen molar-refractivity contribution in [2.75, 3.05) is 19.8 Å². The predicted molar refractivity (Wildman–Crippen MR) is 73.3 cm³/mol. The van der Waals surface area contributed by atoms with E-state index in [1.807, 2.05) is 24.3 Å². The lowest BCUT2D eigenvalue weighted by Crippen LogP contribution is -2.01. The summed E-state index contributed by atoms with van der Waals surface area (Å²) in [4.78, 5) is 0. The van der Waals surface area contributed by atoms with E-state index in [9.17, 15) is 0 Å². The van der Waals surface area contributed by atoms with Crippen molar-refractivity contribution in [3.05, 3.63) is 24.3 Å². The van der Waals surface area contributed by atoms with E-state index in [-0.39, 0.29) is 6.61 Å². The maximum Gasteiger partial charge on any atom is 0.122 e. The zero-order valence-corrected chi connectivity index (χ0v) is 11.2. The Hall–Kier alpha value is -1.22. The summed E-state index contributed by atoms with van der Waals surface area (Å²) in [5, 5.41) is 8.68.